The van der Waals surface area contributed by atoms with Gasteiger partial charge in [0.2, 0.25) is 5.91 Å². The first-order valence-electron chi connectivity index (χ1n) is 9.38. The molecular formula is C22H21N3O4S. The topological polar surface area (TPSA) is 94.8 Å². The van der Waals surface area contributed by atoms with Crippen molar-refractivity contribution < 1.29 is 19.1 Å². The Labute approximate surface area is 178 Å². The van der Waals surface area contributed by atoms with Crippen molar-refractivity contribution >= 4 is 23.2 Å². The van der Waals surface area contributed by atoms with E-state index in [0.29, 0.717) is 24.5 Å². The van der Waals surface area contributed by atoms with Gasteiger partial charge in [0.25, 0.3) is 5.91 Å². The maximum Gasteiger partial charge on any atom is 0.273 e. The van der Waals surface area contributed by atoms with Crippen LogP contribution in [0.25, 0.3) is 0 Å². The van der Waals surface area contributed by atoms with Crippen LogP contribution in [0.5, 0.6) is 11.5 Å². The number of fused-ring (bicyclic) bond motifs is 1. The van der Waals surface area contributed by atoms with E-state index in [-0.39, 0.29) is 23.2 Å². The number of nitrogens with two attached hydrogens (primary N) is 1. The number of rotatable bonds is 5. The van der Waals surface area contributed by atoms with E-state index in [1.165, 1.54) is 18.3 Å². The number of benzene rings is 1. The molecule has 7 nitrogen and oxygen atoms in total. The fourth-order valence-electron chi connectivity index (χ4n) is 3.73. The summed E-state index contributed by atoms with van der Waals surface area (Å²) in [6.45, 7) is 0.531. The van der Waals surface area contributed by atoms with Gasteiger partial charge < -0.3 is 20.1 Å². The highest BCUT2D eigenvalue weighted by atomic mass is 32.1. The Morgan fingerprint density at radius 1 is 1.17 bits per heavy atom. The molecule has 8 heteroatoms. The molecule has 0 saturated carbocycles. The number of carbonyl (C=O) groups excluding carboxylic acids is 2. The Balaban J connectivity index is 1.77. The van der Waals surface area contributed by atoms with E-state index in [1.54, 1.807) is 25.6 Å². The smallest absolute Gasteiger partial charge is 0.273 e. The van der Waals surface area contributed by atoms with Crippen molar-refractivity contribution in [1.29, 1.82) is 0 Å². The lowest BCUT2D eigenvalue weighted by Crippen LogP contribution is -2.40. The molecule has 3 aromatic rings. The van der Waals surface area contributed by atoms with E-state index < -0.39 is 5.91 Å². The number of carbonyl (C=O) groups is 2. The summed E-state index contributed by atoms with van der Waals surface area (Å²) in [5, 5.41) is 1.99. The predicted molar refractivity (Wildman–Crippen MR) is 113 cm³/mol. The quantitative estimate of drug-likeness (QED) is 0.681. The molecule has 3 heterocycles. The van der Waals surface area contributed by atoms with Crippen molar-refractivity contribution in [2.45, 2.75) is 12.5 Å². The number of thiophene rings is 1. The molecule has 0 spiro atoms. The van der Waals surface area contributed by atoms with Crippen LogP contribution < -0.4 is 15.2 Å². The van der Waals surface area contributed by atoms with Crippen LogP contribution in [0.15, 0.2) is 48.0 Å². The van der Waals surface area contributed by atoms with E-state index in [1.807, 2.05) is 34.5 Å². The lowest BCUT2D eigenvalue weighted by Gasteiger charge is -2.37. The zero-order valence-corrected chi connectivity index (χ0v) is 17.4. The maximum atomic E-state index is 13.4. The van der Waals surface area contributed by atoms with Crippen LogP contribution in [-0.4, -0.2) is 42.5 Å². The number of amides is 2. The SMILES string of the molecule is COc1cc2c(cc1OC)C(c1cccs1)N(C(=O)c1ccc(C(N)=O)cn1)CC2. The number of hydrogen-bond acceptors (Lipinski definition) is 6. The van der Waals surface area contributed by atoms with Crippen LogP contribution in [0.1, 0.15) is 42.9 Å². The summed E-state index contributed by atoms with van der Waals surface area (Å²) in [5.74, 6) is 0.511. The largest absolute Gasteiger partial charge is 0.493 e. The maximum absolute atomic E-state index is 13.4. The number of methoxy groups -OCH3 is 2. The highest BCUT2D eigenvalue weighted by Crippen LogP contribution is 2.42. The normalized spacial score (nSPS) is 15.4. The average molecular weight is 423 g/mol. The number of aromatic nitrogens is 1. The minimum absolute atomic E-state index is 0.204. The minimum Gasteiger partial charge on any atom is -0.493 e. The Bertz CT molecular complexity index is 1080. The lowest BCUT2D eigenvalue weighted by molar-refractivity contribution is 0.0690. The average Bonchev–Trinajstić information content (AvgIpc) is 3.31. The first-order valence-corrected chi connectivity index (χ1v) is 10.3. The third kappa shape index (κ3) is 3.50. The molecule has 1 aliphatic rings. The third-order valence-corrected chi connectivity index (χ3v) is 6.14. The molecular weight excluding hydrogens is 402 g/mol. The molecule has 1 unspecified atom stereocenters. The molecule has 0 saturated heterocycles. The van der Waals surface area contributed by atoms with Gasteiger partial charge in [-0.05, 0) is 53.3 Å². The first-order chi connectivity index (χ1) is 14.5. The van der Waals surface area contributed by atoms with Crippen molar-refractivity contribution in [1.82, 2.24) is 9.88 Å². The van der Waals surface area contributed by atoms with Crippen molar-refractivity contribution in [3.05, 3.63) is 75.2 Å². The molecule has 0 aliphatic carbocycles. The van der Waals surface area contributed by atoms with Crippen molar-refractivity contribution in [2.24, 2.45) is 5.73 Å². The molecule has 2 amide bonds. The second-order valence-electron chi connectivity index (χ2n) is 6.87. The van der Waals surface area contributed by atoms with Gasteiger partial charge in [0.1, 0.15) is 5.69 Å². The summed E-state index contributed by atoms with van der Waals surface area (Å²) in [6.07, 6.45) is 2.02. The van der Waals surface area contributed by atoms with Crippen LogP contribution in [-0.2, 0) is 6.42 Å². The lowest BCUT2D eigenvalue weighted by atomic mass is 9.90. The summed E-state index contributed by atoms with van der Waals surface area (Å²) >= 11 is 1.59. The van der Waals surface area contributed by atoms with Gasteiger partial charge >= 0.3 is 0 Å². The molecule has 154 valence electrons. The molecule has 1 aliphatic heterocycles. The molecule has 30 heavy (non-hydrogen) atoms. The fourth-order valence-corrected chi connectivity index (χ4v) is 4.59. The van der Waals surface area contributed by atoms with Crippen LogP contribution in [0.4, 0.5) is 0 Å². The monoisotopic (exact) mass is 423 g/mol. The highest BCUT2D eigenvalue weighted by molar-refractivity contribution is 7.10. The fraction of sp³-hybridized carbons (Fsp3) is 0.227. The molecule has 0 radical (unpaired) electrons. The number of pyridine rings is 1. The summed E-state index contributed by atoms with van der Waals surface area (Å²) in [5.41, 5.74) is 7.93. The number of nitrogens with zero attached hydrogens (tertiary/aromatic N) is 2. The summed E-state index contributed by atoms with van der Waals surface area (Å²) in [4.78, 5) is 31.7. The van der Waals surface area contributed by atoms with E-state index in [4.69, 9.17) is 15.2 Å². The zero-order valence-electron chi connectivity index (χ0n) is 16.6. The van der Waals surface area contributed by atoms with E-state index in [0.717, 1.165) is 16.0 Å². The molecule has 4 rings (SSSR count). The zero-order chi connectivity index (χ0) is 21.3. The predicted octanol–water partition coefficient (Wildman–Crippen LogP) is 3.05. The van der Waals surface area contributed by atoms with Gasteiger partial charge in [0.05, 0.1) is 25.8 Å². The van der Waals surface area contributed by atoms with Crippen LogP contribution >= 0.6 is 11.3 Å². The molecule has 1 atom stereocenters. The Morgan fingerprint density at radius 3 is 2.53 bits per heavy atom. The molecule has 0 bridgehead atoms. The molecule has 1 aromatic carbocycles. The highest BCUT2D eigenvalue weighted by Gasteiger charge is 2.34. The van der Waals surface area contributed by atoms with Gasteiger partial charge in [0.15, 0.2) is 11.5 Å². The van der Waals surface area contributed by atoms with E-state index in [2.05, 4.69) is 4.98 Å². The second-order valence-corrected chi connectivity index (χ2v) is 7.85. The van der Waals surface area contributed by atoms with Crippen LogP contribution in [0, 0.1) is 0 Å². The minimum atomic E-state index is -0.578. The van der Waals surface area contributed by atoms with Gasteiger partial charge in [0, 0.05) is 17.6 Å². The number of primary amides is 1. The van der Waals surface area contributed by atoms with Gasteiger partial charge in [-0.3, -0.25) is 14.6 Å². The summed E-state index contributed by atoms with van der Waals surface area (Å²) in [7, 11) is 3.21. The van der Waals surface area contributed by atoms with E-state index in [9.17, 15) is 9.59 Å². The third-order valence-electron chi connectivity index (χ3n) is 5.21. The van der Waals surface area contributed by atoms with Gasteiger partial charge in [-0.25, -0.2) is 0 Å². The Kier molecular flexibility index (Phi) is 5.41. The molecule has 2 aromatic heterocycles. The first kappa shape index (κ1) is 19.9. The Morgan fingerprint density at radius 2 is 1.93 bits per heavy atom. The van der Waals surface area contributed by atoms with Crippen molar-refractivity contribution in [3.8, 4) is 11.5 Å². The van der Waals surface area contributed by atoms with E-state index >= 15 is 0 Å². The van der Waals surface area contributed by atoms with Gasteiger partial charge in [-0.2, -0.15) is 0 Å². The number of ether oxygens (including phenoxy) is 2. The van der Waals surface area contributed by atoms with Crippen molar-refractivity contribution in [3.63, 3.8) is 0 Å². The standard InChI is InChI=1S/C22H21N3O4S/c1-28-17-10-13-7-8-25(22(27)16-6-5-14(12-24-16)21(23)26)20(19-4-3-9-30-19)15(13)11-18(17)29-2/h3-6,9-12,20H,7-8H2,1-2H3,(H2,23,26). The summed E-state index contributed by atoms with van der Waals surface area (Å²) < 4.78 is 11.0. The van der Waals surface area contributed by atoms with Crippen molar-refractivity contribution in [2.75, 3.05) is 20.8 Å². The Hall–Kier alpha value is -3.39. The van der Waals surface area contributed by atoms with Crippen LogP contribution in [0.2, 0.25) is 0 Å². The second kappa shape index (κ2) is 8.16. The molecule has 0 fully saturated rings. The van der Waals surface area contributed by atoms with Gasteiger partial charge in [-0.1, -0.05) is 6.07 Å². The number of hydrogen-bond donors (Lipinski definition) is 1. The molecule has 2 N–H and O–H groups in total. The van der Waals surface area contributed by atoms with Crippen LogP contribution in [0.3, 0.4) is 0 Å². The van der Waals surface area contributed by atoms with Gasteiger partial charge in [-0.15, -0.1) is 11.3 Å². The summed E-state index contributed by atoms with van der Waals surface area (Å²) in [6, 6.07) is 10.7.